The summed E-state index contributed by atoms with van der Waals surface area (Å²) in [5, 5.41) is 1.25. The molecular weight excluding hydrogens is 388 g/mol. The van der Waals surface area contributed by atoms with Crippen molar-refractivity contribution in [1.82, 2.24) is 10.1 Å². The largest absolute Gasteiger partial charge is 1.00 e. The number of para-hydroxylation sites is 1. The zero-order valence-electron chi connectivity index (χ0n) is 10.6. The summed E-state index contributed by atoms with van der Waals surface area (Å²) >= 11 is 2.28. The molecule has 0 bridgehead atoms. The van der Waals surface area contributed by atoms with Crippen molar-refractivity contribution in [1.29, 1.82) is 0 Å². The van der Waals surface area contributed by atoms with Gasteiger partial charge in [0.2, 0.25) is 0 Å². The Balaban J connectivity index is 0.00000144. The molecule has 0 saturated heterocycles. The number of hydrogen-bond donors (Lipinski definition) is 1. The number of rotatable bonds is 5. The summed E-state index contributed by atoms with van der Waals surface area (Å²) in [6.07, 6.45) is 2.12. The summed E-state index contributed by atoms with van der Waals surface area (Å²) in [5.74, 6) is 0. The van der Waals surface area contributed by atoms with Crippen LogP contribution in [-0.2, 0) is 11.4 Å². The number of benzene rings is 1. The molecule has 0 aliphatic rings. The van der Waals surface area contributed by atoms with E-state index in [1.54, 1.807) is 9.12 Å². The van der Waals surface area contributed by atoms with Crippen molar-refractivity contribution in [2.75, 3.05) is 6.61 Å². The monoisotopic (exact) mass is 403 g/mol. The van der Waals surface area contributed by atoms with Crippen molar-refractivity contribution in [2.45, 2.75) is 13.5 Å². The van der Waals surface area contributed by atoms with Gasteiger partial charge in [-0.05, 0) is 18.6 Å². The fraction of sp³-hybridized carbons (Fsp3) is 0.273. The molecule has 3 N–H and O–H groups in total. The number of halogens is 1. The van der Waals surface area contributed by atoms with E-state index in [1.807, 2.05) is 6.92 Å². The molecule has 1 heterocycles. The Bertz CT molecular complexity index is 480. The van der Waals surface area contributed by atoms with Gasteiger partial charge in [0, 0.05) is 48.5 Å². The van der Waals surface area contributed by atoms with Crippen LogP contribution in [0.5, 0.6) is 0 Å². The Morgan fingerprint density at radius 1 is 1.39 bits per heavy atom. The minimum atomic E-state index is 0. The van der Waals surface area contributed by atoms with Crippen molar-refractivity contribution < 1.29 is 56.2 Å². The normalized spacial score (nSPS) is 9.89. The van der Waals surface area contributed by atoms with Gasteiger partial charge in [-0.1, -0.05) is 18.2 Å². The molecule has 2 aromatic rings. The smallest absolute Gasteiger partial charge is 0.530 e. The van der Waals surface area contributed by atoms with E-state index in [2.05, 4.69) is 61.1 Å². The molecule has 0 fully saturated rings. The Hall–Kier alpha value is 1.36. The van der Waals surface area contributed by atoms with E-state index in [0.29, 0.717) is 13.2 Å². The Labute approximate surface area is 166 Å². The Morgan fingerprint density at radius 2 is 2.11 bits per heavy atom. The van der Waals surface area contributed by atoms with Crippen molar-refractivity contribution in [2.24, 2.45) is 0 Å². The topological polar surface area (TPSA) is 63.3 Å². The van der Waals surface area contributed by atoms with E-state index >= 15 is 0 Å². The summed E-state index contributed by atoms with van der Waals surface area (Å²) in [5.41, 5.74) is 6.46. The zero-order chi connectivity index (χ0) is 11.4. The van der Waals surface area contributed by atoms with Gasteiger partial charge >= 0.3 is 51.4 Å². The molecule has 0 unspecified atom stereocenters. The molecule has 0 atom stereocenters. The second kappa shape index (κ2) is 10.1. The van der Waals surface area contributed by atoms with Crippen LogP contribution in [0.3, 0.4) is 0 Å². The number of hydroxylamine groups is 1. The molecular formula is C11H15IKN3OS. The van der Waals surface area contributed by atoms with Crippen LogP contribution in [0.25, 0.3) is 16.4 Å². The van der Waals surface area contributed by atoms with Crippen LogP contribution in [-0.4, -0.2) is 10.6 Å². The minimum Gasteiger partial charge on any atom is -0.530 e. The number of fused-ring (bicyclic) bond motifs is 1. The van der Waals surface area contributed by atoms with Crippen LogP contribution in [0.1, 0.15) is 12.5 Å². The second-order valence-corrected chi connectivity index (χ2v) is 4.98. The maximum Gasteiger partial charge on any atom is 1.00 e. The fourth-order valence-corrected chi connectivity index (χ4v) is 2.99. The summed E-state index contributed by atoms with van der Waals surface area (Å²) in [7, 11) is 1.66. The molecule has 0 aliphatic carbocycles. The van der Waals surface area contributed by atoms with Crippen molar-refractivity contribution in [3.05, 3.63) is 41.5 Å². The Morgan fingerprint density at radius 3 is 2.78 bits per heavy atom. The molecule has 0 radical (unpaired) electrons. The van der Waals surface area contributed by atoms with E-state index in [1.165, 1.54) is 16.5 Å². The van der Waals surface area contributed by atoms with Gasteiger partial charge in [-0.2, -0.15) is 0 Å². The van der Waals surface area contributed by atoms with Gasteiger partial charge in [0.1, 0.15) is 0 Å². The summed E-state index contributed by atoms with van der Waals surface area (Å²) in [4.78, 5) is 5.04. The molecule has 0 saturated carbocycles. The predicted octanol–water partition coefficient (Wildman–Crippen LogP) is 1.48. The van der Waals surface area contributed by atoms with Crippen LogP contribution in [0.15, 0.2) is 30.5 Å². The second-order valence-electron chi connectivity index (χ2n) is 3.27. The Kier molecular flexibility index (Phi) is 10.9. The predicted molar refractivity (Wildman–Crippen MR) is 82.7 cm³/mol. The first kappa shape index (κ1) is 19.4. The summed E-state index contributed by atoms with van der Waals surface area (Å²) < 4.78 is 2.15. The number of nitrogens with zero attached hydrogens (tertiary/aromatic N) is 2. The molecule has 0 spiro atoms. The van der Waals surface area contributed by atoms with Crippen LogP contribution in [0, 0.1) is 0 Å². The fourth-order valence-electron chi connectivity index (χ4n) is 1.61. The molecule has 94 valence electrons. The standard InChI is InChI=1S/C11H12IN2OS.K.H3N/c1-2-15-13-7-9-8-14(16-12)11-6-4-3-5-10(9)11;;/h3-6,8H,2,7H2,1H3;;1H3/q-1;+1;. The molecule has 18 heavy (non-hydrogen) atoms. The summed E-state index contributed by atoms with van der Waals surface area (Å²) in [6, 6.07) is 8.34. The summed E-state index contributed by atoms with van der Waals surface area (Å²) in [6.45, 7) is 3.17. The van der Waals surface area contributed by atoms with Gasteiger partial charge in [-0.25, -0.2) is 0 Å². The zero-order valence-corrected chi connectivity index (χ0v) is 16.7. The average molecular weight is 403 g/mol. The van der Waals surface area contributed by atoms with Gasteiger partial charge < -0.3 is 16.5 Å². The van der Waals surface area contributed by atoms with Crippen LogP contribution >= 0.6 is 30.3 Å². The molecule has 4 nitrogen and oxygen atoms in total. The van der Waals surface area contributed by atoms with E-state index in [-0.39, 0.29) is 57.5 Å². The minimum absolute atomic E-state index is 0. The quantitative estimate of drug-likeness (QED) is 0.356. The van der Waals surface area contributed by atoms with E-state index in [0.717, 1.165) is 0 Å². The van der Waals surface area contributed by atoms with Crippen LogP contribution < -0.4 is 57.5 Å². The SMILES string of the molecule is CCO[N-]Cc1cn(SI)c2ccccc12.N.[K+]. The third-order valence-corrected chi connectivity index (χ3v) is 4.01. The maximum absolute atomic E-state index is 5.04. The van der Waals surface area contributed by atoms with Crippen LogP contribution in [0.4, 0.5) is 0 Å². The van der Waals surface area contributed by atoms with Crippen LogP contribution in [0.2, 0.25) is 0 Å². The van der Waals surface area contributed by atoms with Crippen molar-refractivity contribution in [3.8, 4) is 0 Å². The maximum atomic E-state index is 5.04. The molecule has 0 aliphatic heterocycles. The molecule has 0 amide bonds. The van der Waals surface area contributed by atoms with E-state index < -0.39 is 0 Å². The molecule has 1 aromatic carbocycles. The van der Waals surface area contributed by atoms with Gasteiger partial charge in [-0.3, -0.25) is 3.97 Å². The molecule has 2 rings (SSSR count). The van der Waals surface area contributed by atoms with Gasteiger partial charge in [0.25, 0.3) is 0 Å². The third-order valence-electron chi connectivity index (χ3n) is 2.29. The number of hydrogen-bond acceptors (Lipinski definition) is 3. The van der Waals surface area contributed by atoms with E-state index in [9.17, 15) is 0 Å². The molecule has 1 aromatic heterocycles. The first-order valence-corrected chi connectivity index (χ1v) is 8.35. The van der Waals surface area contributed by atoms with E-state index in [4.69, 9.17) is 4.84 Å². The van der Waals surface area contributed by atoms with Gasteiger partial charge in [0.15, 0.2) is 0 Å². The van der Waals surface area contributed by atoms with Gasteiger partial charge in [0.05, 0.1) is 5.52 Å². The first-order chi connectivity index (χ1) is 7.86. The van der Waals surface area contributed by atoms with Gasteiger partial charge in [-0.15, -0.1) is 6.54 Å². The average Bonchev–Trinajstić information content (AvgIpc) is 2.68. The van der Waals surface area contributed by atoms with Crippen molar-refractivity contribution >= 4 is 41.2 Å². The first-order valence-electron chi connectivity index (χ1n) is 5.03. The number of aromatic nitrogens is 1. The third kappa shape index (κ3) is 4.72. The van der Waals surface area contributed by atoms with Crippen molar-refractivity contribution in [3.63, 3.8) is 0 Å². The molecule has 7 heteroatoms.